The number of nitrogen functional groups attached to an aromatic ring is 1. The van der Waals surface area contributed by atoms with Crippen molar-refractivity contribution in [1.82, 2.24) is 9.80 Å². The van der Waals surface area contributed by atoms with E-state index in [1.807, 2.05) is 6.07 Å². The highest BCUT2D eigenvalue weighted by molar-refractivity contribution is 5.59. The molecular weight excluding hydrogens is 232 g/mol. The molecule has 18 heavy (non-hydrogen) atoms. The predicted octanol–water partition coefficient (Wildman–Crippen LogP) is 0.924. The summed E-state index contributed by atoms with van der Waals surface area (Å²) in [5, 5.41) is 10.8. The summed E-state index contributed by atoms with van der Waals surface area (Å²) >= 11 is 0. The molecule has 0 aliphatic carbocycles. The van der Waals surface area contributed by atoms with Crippen molar-refractivity contribution in [2.45, 2.75) is 6.54 Å². The second-order valence-electron chi connectivity index (χ2n) is 4.73. The van der Waals surface area contributed by atoms with Crippen molar-refractivity contribution >= 4 is 11.4 Å². The summed E-state index contributed by atoms with van der Waals surface area (Å²) in [7, 11) is 2.10. The third-order valence-corrected chi connectivity index (χ3v) is 3.29. The van der Waals surface area contributed by atoms with Crippen molar-refractivity contribution in [1.29, 1.82) is 0 Å². The quantitative estimate of drug-likeness (QED) is 0.490. The topological polar surface area (TPSA) is 75.6 Å². The largest absolute Gasteiger partial charge is 0.393 e. The molecule has 98 valence electrons. The maximum absolute atomic E-state index is 10.8. The van der Waals surface area contributed by atoms with Crippen LogP contribution in [0.15, 0.2) is 18.2 Å². The molecule has 0 amide bonds. The molecule has 6 nitrogen and oxygen atoms in total. The van der Waals surface area contributed by atoms with Gasteiger partial charge < -0.3 is 10.6 Å². The highest BCUT2D eigenvalue weighted by atomic mass is 16.6. The highest BCUT2D eigenvalue weighted by Crippen LogP contribution is 2.23. The van der Waals surface area contributed by atoms with Gasteiger partial charge in [-0.1, -0.05) is 6.07 Å². The van der Waals surface area contributed by atoms with E-state index in [1.54, 1.807) is 12.1 Å². The van der Waals surface area contributed by atoms with Crippen LogP contribution in [0.5, 0.6) is 0 Å². The van der Waals surface area contributed by atoms with Gasteiger partial charge in [0.2, 0.25) is 0 Å². The van der Waals surface area contributed by atoms with Crippen molar-refractivity contribution in [2.75, 3.05) is 39.0 Å². The lowest BCUT2D eigenvalue weighted by Crippen LogP contribution is -2.43. The number of nitrogens with two attached hydrogens (primary N) is 1. The van der Waals surface area contributed by atoms with Gasteiger partial charge in [-0.2, -0.15) is 0 Å². The third-order valence-electron chi connectivity index (χ3n) is 3.29. The summed E-state index contributed by atoms with van der Waals surface area (Å²) in [6.07, 6.45) is 0. The molecule has 1 aromatic rings. The minimum absolute atomic E-state index is 0.00151. The second-order valence-corrected chi connectivity index (χ2v) is 4.73. The first kappa shape index (κ1) is 12.8. The van der Waals surface area contributed by atoms with Crippen LogP contribution in [0.1, 0.15) is 5.56 Å². The van der Waals surface area contributed by atoms with Gasteiger partial charge in [0, 0.05) is 38.8 Å². The van der Waals surface area contributed by atoms with Crippen molar-refractivity contribution in [3.63, 3.8) is 0 Å². The van der Waals surface area contributed by atoms with Crippen LogP contribution in [0, 0.1) is 10.1 Å². The number of anilines is 1. The van der Waals surface area contributed by atoms with E-state index in [4.69, 9.17) is 5.73 Å². The Kier molecular flexibility index (Phi) is 3.78. The lowest BCUT2D eigenvalue weighted by Gasteiger charge is -2.32. The van der Waals surface area contributed by atoms with E-state index in [0.717, 1.165) is 38.3 Å². The lowest BCUT2D eigenvalue weighted by molar-refractivity contribution is -0.384. The van der Waals surface area contributed by atoms with E-state index in [-0.39, 0.29) is 11.4 Å². The Hall–Kier alpha value is -1.66. The van der Waals surface area contributed by atoms with Crippen LogP contribution in [0.4, 0.5) is 11.4 Å². The number of hydrogen-bond donors (Lipinski definition) is 1. The second kappa shape index (κ2) is 5.32. The van der Waals surface area contributed by atoms with Crippen LogP contribution in [-0.2, 0) is 6.54 Å². The number of nitro benzene ring substituents is 1. The first-order chi connectivity index (χ1) is 8.56. The number of nitro groups is 1. The molecule has 1 aliphatic rings. The van der Waals surface area contributed by atoms with Gasteiger partial charge in [-0.05, 0) is 18.7 Å². The highest BCUT2D eigenvalue weighted by Gasteiger charge is 2.16. The predicted molar refractivity (Wildman–Crippen MR) is 70.3 cm³/mol. The van der Waals surface area contributed by atoms with Gasteiger partial charge in [-0.25, -0.2) is 0 Å². The third kappa shape index (κ3) is 2.96. The zero-order chi connectivity index (χ0) is 13.1. The molecule has 2 N–H and O–H groups in total. The molecule has 0 atom stereocenters. The van der Waals surface area contributed by atoms with E-state index >= 15 is 0 Å². The molecule has 0 bridgehead atoms. The average Bonchev–Trinajstić information content (AvgIpc) is 2.34. The molecule has 2 rings (SSSR count). The molecule has 1 heterocycles. The molecule has 1 aromatic carbocycles. The fourth-order valence-electron chi connectivity index (χ4n) is 2.11. The van der Waals surface area contributed by atoms with Crippen LogP contribution in [0.3, 0.4) is 0 Å². The molecular formula is C12H18N4O2. The molecule has 1 aliphatic heterocycles. The Labute approximate surface area is 106 Å². The number of hydrogen-bond acceptors (Lipinski definition) is 5. The van der Waals surface area contributed by atoms with Gasteiger partial charge in [0.15, 0.2) is 0 Å². The molecule has 6 heteroatoms. The Morgan fingerprint density at radius 2 is 2.00 bits per heavy atom. The number of likely N-dealkylation sites (N-methyl/N-ethyl adjacent to an activating group) is 1. The Bertz CT molecular complexity index is 442. The Balaban J connectivity index is 2.05. The van der Waals surface area contributed by atoms with Gasteiger partial charge in [-0.3, -0.25) is 15.0 Å². The maximum atomic E-state index is 10.8. The van der Waals surface area contributed by atoms with Crippen LogP contribution in [-0.4, -0.2) is 47.9 Å². The van der Waals surface area contributed by atoms with Gasteiger partial charge >= 0.3 is 0 Å². The maximum Gasteiger partial charge on any atom is 0.292 e. The molecule has 0 spiro atoms. The fourth-order valence-corrected chi connectivity index (χ4v) is 2.11. The van der Waals surface area contributed by atoms with Gasteiger partial charge in [0.1, 0.15) is 5.69 Å². The fraction of sp³-hybridized carbons (Fsp3) is 0.500. The van der Waals surface area contributed by atoms with Crippen LogP contribution < -0.4 is 5.73 Å². The summed E-state index contributed by atoms with van der Waals surface area (Å²) < 4.78 is 0. The van der Waals surface area contributed by atoms with Crippen LogP contribution in [0.2, 0.25) is 0 Å². The molecule has 0 unspecified atom stereocenters. The SMILES string of the molecule is CN1CCN(Cc2ccc(N)c([N+](=O)[O-])c2)CC1. The Morgan fingerprint density at radius 1 is 1.33 bits per heavy atom. The molecule has 0 saturated carbocycles. The first-order valence-corrected chi connectivity index (χ1v) is 6.00. The van der Waals surface area contributed by atoms with Gasteiger partial charge in [0.25, 0.3) is 5.69 Å². The number of rotatable bonds is 3. The first-order valence-electron chi connectivity index (χ1n) is 6.00. The zero-order valence-corrected chi connectivity index (χ0v) is 10.5. The van der Waals surface area contributed by atoms with Crippen molar-refractivity contribution in [3.05, 3.63) is 33.9 Å². The number of piperazine rings is 1. The van der Waals surface area contributed by atoms with E-state index in [0.29, 0.717) is 0 Å². The van der Waals surface area contributed by atoms with Crippen LogP contribution in [0.25, 0.3) is 0 Å². The van der Waals surface area contributed by atoms with E-state index in [9.17, 15) is 10.1 Å². The van der Waals surface area contributed by atoms with E-state index in [2.05, 4.69) is 16.8 Å². The summed E-state index contributed by atoms with van der Waals surface area (Å²) in [5.41, 5.74) is 6.75. The monoisotopic (exact) mass is 250 g/mol. The van der Waals surface area contributed by atoms with Crippen molar-refractivity contribution in [2.24, 2.45) is 0 Å². The minimum atomic E-state index is -0.428. The van der Waals surface area contributed by atoms with Crippen molar-refractivity contribution < 1.29 is 4.92 Å². The normalized spacial score (nSPS) is 17.8. The minimum Gasteiger partial charge on any atom is -0.393 e. The summed E-state index contributed by atoms with van der Waals surface area (Å²) in [6.45, 7) is 4.81. The average molecular weight is 250 g/mol. The molecule has 0 radical (unpaired) electrons. The number of benzene rings is 1. The van der Waals surface area contributed by atoms with E-state index < -0.39 is 4.92 Å². The number of nitrogens with zero attached hydrogens (tertiary/aromatic N) is 3. The lowest BCUT2D eigenvalue weighted by atomic mass is 10.1. The molecule has 0 aromatic heterocycles. The molecule has 1 fully saturated rings. The van der Waals surface area contributed by atoms with E-state index in [1.165, 1.54) is 0 Å². The Morgan fingerprint density at radius 3 is 2.61 bits per heavy atom. The zero-order valence-electron chi connectivity index (χ0n) is 10.5. The standard InChI is InChI=1S/C12H18N4O2/c1-14-4-6-15(7-5-14)9-10-2-3-11(13)12(8-10)16(17)18/h2-3,8H,4-7,9,13H2,1H3. The molecule has 1 saturated heterocycles. The van der Waals surface area contributed by atoms with Gasteiger partial charge in [0.05, 0.1) is 4.92 Å². The van der Waals surface area contributed by atoms with Gasteiger partial charge in [-0.15, -0.1) is 0 Å². The smallest absolute Gasteiger partial charge is 0.292 e. The van der Waals surface area contributed by atoms with Crippen LogP contribution >= 0.6 is 0 Å². The summed E-state index contributed by atoms with van der Waals surface area (Å²) in [6, 6.07) is 5.05. The summed E-state index contributed by atoms with van der Waals surface area (Å²) in [5.74, 6) is 0. The summed E-state index contributed by atoms with van der Waals surface area (Å²) in [4.78, 5) is 15.0. The van der Waals surface area contributed by atoms with Crippen molar-refractivity contribution in [3.8, 4) is 0 Å².